The van der Waals surface area contributed by atoms with Gasteiger partial charge in [-0.25, -0.2) is 0 Å². The molecule has 0 spiro atoms. The zero-order valence-corrected chi connectivity index (χ0v) is 16.6. The third kappa shape index (κ3) is 2.25. The number of rotatable bonds is 2. The normalized spacial score (nSPS) is 11.8. The zero-order chi connectivity index (χ0) is 18.7. The molecule has 132 valence electrons. The fourth-order valence-electron chi connectivity index (χ4n) is 4.37. The zero-order valence-electron chi connectivity index (χ0n) is 15.1. The fraction of sp³-hybridized carbons (Fsp3) is 0. The van der Waals surface area contributed by atoms with E-state index >= 15 is 0 Å². The van der Waals surface area contributed by atoms with E-state index in [9.17, 15) is 0 Å². The van der Waals surface area contributed by atoms with Gasteiger partial charge in [0.25, 0.3) is 0 Å². The lowest BCUT2D eigenvalue weighted by atomic mass is 10.0. The molecule has 0 bridgehead atoms. The minimum absolute atomic E-state index is 1.10. The maximum Gasteiger partial charge on any atom is 0.0547 e. The second-order valence-electron chi connectivity index (χ2n) is 7.21. The van der Waals surface area contributed by atoms with Crippen molar-refractivity contribution in [3.63, 3.8) is 0 Å². The second-order valence-corrected chi connectivity index (χ2v) is 8.12. The Kier molecular flexibility index (Phi) is 3.38. The Labute approximate surface area is 171 Å². The van der Waals surface area contributed by atoms with Crippen molar-refractivity contribution in [1.29, 1.82) is 0 Å². The van der Waals surface area contributed by atoms with Gasteiger partial charge in [-0.3, -0.25) is 0 Å². The van der Waals surface area contributed by atoms with Crippen LogP contribution < -0.4 is 0 Å². The highest BCUT2D eigenvalue weighted by Gasteiger charge is 2.15. The average Bonchev–Trinajstić information content (AvgIpc) is 3.08. The first-order chi connectivity index (χ1) is 13.8. The molecule has 0 aliphatic heterocycles. The molecule has 6 rings (SSSR count). The Morgan fingerprint density at radius 2 is 1.14 bits per heavy atom. The average molecular weight is 422 g/mol. The molecule has 1 nitrogen and oxygen atoms in total. The van der Waals surface area contributed by atoms with Crippen LogP contribution in [0.4, 0.5) is 0 Å². The van der Waals surface area contributed by atoms with Gasteiger partial charge in [-0.15, -0.1) is 0 Å². The number of hydrogen-bond donors (Lipinski definition) is 0. The molecule has 1 aromatic heterocycles. The van der Waals surface area contributed by atoms with Crippen LogP contribution in [0.5, 0.6) is 0 Å². The van der Waals surface area contributed by atoms with Crippen molar-refractivity contribution < 1.29 is 0 Å². The highest BCUT2D eigenvalue weighted by molar-refractivity contribution is 9.10. The standard InChI is InChI=1S/C26H16BrN/c27-21-7-1-6-20(16-21)17-12-14-22(15-13-17)28-23-8-2-4-18-10-11-19-5-3-9-24(28)26(19)25(18)23/h1-16H. The minimum Gasteiger partial charge on any atom is -0.309 e. The summed E-state index contributed by atoms with van der Waals surface area (Å²) in [4.78, 5) is 0. The van der Waals surface area contributed by atoms with E-state index in [-0.39, 0.29) is 0 Å². The molecular weight excluding hydrogens is 406 g/mol. The van der Waals surface area contributed by atoms with E-state index in [0.29, 0.717) is 0 Å². The molecule has 5 aromatic carbocycles. The lowest BCUT2D eigenvalue weighted by molar-refractivity contribution is 1.18. The van der Waals surface area contributed by atoms with Crippen molar-refractivity contribution in [1.82, 2.24) is 4.57 Å². The Bertz CT molecular complexity index is 1390. The van der Waals surface area contributed by atoms with Crippen molar-refractivity contribution in [2.75, 3.05) is 0 Å². The van der Waals surface area contributed by atoms with Crippen LogP contribution in [-0.2, 0) is 0 Å². The summed E-state index contributed by atoms with van der Waals surface area (Å²) in [6.07, 6.45) is 0. The van der Waals surface area contributed by atoms with Crippen molar-refractivity contribution >= 4 is 48.5 Å². The van der Waals surface area contributed by atoms with Crippen LogP contribution in [0.15, 0.2) is 102 Å². The van der Waals surface area contributed by atoms with E-state index in [1.54, 1.807) is 0 Å². The first kappa shape index (κ1) is 15.9. The van der Waals surface area contributed by atoms with Crippen LogP contribution in [0, 0.1) is 0 Å². The molecule has 0 fully saturated rings. The van der Waals surface area contributed by atoms with Gasteiger partial charge in [0.15, 0.2) is 0 Å². The maximum absolute atomic E-state index is 3.57. The third-order valence-electron chi connectivity index (χ3n) is 5.61. The second kappa shape index (κ2) is 5.95. The van der Waals surface area contributed by atoms with Crippen LogP contribution in [0.2, 0.25) is 0 Å². The van der Waals surface area contributed by atoms with Crippen molar-refractivity contribution in [3.8, 4) is 16.8 Å². The van der Waals surface area contributed by atoms with Gasteiger partial charge >= 0.3 is 0 Å². The van der Waals surface area contributed by atoms with Crippen molar-refractivity contribution in [2.24, 2.45) is 0 Å². The van der Waals surface area contributed by atoms with Gasteiger partial charge in [-0.1, -0.05) is 76.6 Å². The van der Waals surface area contributed by atoms with E-state index in [1.165, 1.54) is 49.4 Å². The van der Waals surface area contributed by atoms with E-state index < -0.39 is 0 Å². The van der Waals surface area contributed by atoms with Crippen molar-refractivity contribution in [2.45, 2.75) is 0 Å². The fourth-order valence-corrected chi connectivity index (χ4v) is 4.77. The summed E-state index contributed by atoms with van der Waals surface area (Å²) in [6, 6.07) is 34.9. The molecule has 28 heavy (non-hydrogen) atoms. The summed E-state index contributed by atoms with van der Waals surface area (Å²) in [7, 11) is 0. The highest BCUT2D eigenvalue weighted by atomic mass is 79.9. The number of aromatic nitrogens is 1. The molecule has 1 heterocycles. The smallest absolute Gasteiger partial charge is 0.0547 e. The van der Waals surface area contributed by atoms with Gasteiger partial charge in [-0.05, 0) is 58.3 Å². The Morgan fingerprint density at radius 3 is 1.75 bits per heavy atom. The Hall–Kier alpha value is -3.10. The summed E-state index contributed by atoms with van der Waals surface area (Å²) < 4.78 is 3.48. The van der Waals surface area contributed by atoms with E-state index in [1.807, 2.05) is 0 Å². The van der Waals surface area contributed by atoms with Gasteiger partial charge in [0.2, 0.25) is 0 Å². The van der Waals surface area contributed by atoms with Crippen LogP contribution in [0.3, 0.4) is 0 Å². The van der Waals surface area contributed by atoms with Crippen LogP contribution in [-0.4, -0.2) is 4.57 Å². The lowest BCUT2D eigenvalue weighted by Crippen LogP contribution is -1.93. The van der Waals surface area contributed by atoms with Crippen LogP contribution >= 0.6 is 15.9 Å². The van der Waals surface area contributed by atoms with Gasteiger partial charge in [-0.2, -0.15) is 0 Å². The molecule has 0 atom stereocenters. The lowest BCUT2D eigenvalue weighted by Gasteiger charge is -2.09. The first-order valence-electron chi connectivity index (χ1n) is 9.40. The topological polar surface area (TPSA) is 4.93 Å². The van der Waals surface area contributed by atoms with Gasteiger partial charge in [0, 0.05) is 20.9 Å². The maximum atomic E-state index is 3.57. The predicted molar refractivity (Wildman–Crippen MR) is 123 cm³/mol. The number of hydrogen-bond acceptors (Lipinski definition) is 0. The number of halogens is 1. The summed E-state index contributed by atoms with van der Waals surface area (Å²) in [6.45, 7) is 0. The van der Waals surface area contributed by atoms with Gasteiger partial charge in [0.05, 0.1) is 11.0 Å². The Morgan fingerprint density at radius 1 is 0.536 bits per heavy atom. The summed E-state index contributed by atoms with van der Waals surface area (Å²) in [5.74, 6) is 0. The SMILES string of the molecule is Brc1cccc(-c2ccc(-n3c4cccc5ccc6cccc3c6c54)cc2)c1. The molecule has 0 radical (unpaired) electrons. The molecule has 2 heteroatoms. The number of benzene rings is 5. The molecule has 0 aliphatic rings. The van der Waals surface area contributed by atoms with E-state index in [2.05, 4.69) is 118 Å². The minimum atomic E-state index is 1.10. The van der Waals surface area contributed by atoms with E-state index in [0.717, 1.165) is 4.47 Å². The molecule has 0 unspecified atom stereocenters. The molecule has 0 aliphatic carbocycles. The first-order valence-corrected chi connectivity index (χ1v) is 10.2. The molecule has 0 amide bonds. The predicted octanol–water partition coefficient (Wildman–Crippen LogP) is 7.80. The van der Waals surface area contributed by atoms with Crippen LogP contribution in [0.1, 0.15) is 0 Å². The Balaban J connectivity index is 1.61. The van der Waals surface area contributed by atoms with E-state index in [4.69, 9.17) is 0 Å². The monoisotopic (exact) mass is 421 g/mol. The molecule has 6 aromatic rings. The van der Waals surface area contributed by atoms with Crippen LogP contribution in [0.25, 0.3) is 49.4 Å². The molecular formula is C26H16BrN. The largest absolute Gasteiger partial charge is 0.309 e. The molecule has 0 saturated heterocycles. The highest BCUT2D eigenvalue weighted by Crippen LogP contribution is 2.38. The summed E-state index contributed by atoms with van der Waals surface area (Å²) in [5, 5.41) is 5.30. The summed E-state index contributed by atoms with van der Waals surface area (Å²) in [5.41, 5.74) is 6.15. The molecule has 0 saturated carbocycles. The van der Waals surface area contributed by atoms with Crippen molar-refractivity contribution in [3.05, 3.63) is 102 Å². The quantitative estimate of drug-likeness (QED) is 0.251. The molecule has 0 N–H and O–H groups in total. The third-order valence-corrected chi connectivity index (χ3v) is 6.10. The van der Waals surface area contributed by atoms with Gasteiger partial charge in [0.1, 0.15) is 0 Å². The van der Waals surface area contributed by atoms with Gasteiger partial charge < -0.3 is 4.57 Å². The number of nitrogens with zero attached hydrogens (tertiary/aromatic N) is 1. The summed E-state index contributed by atoms with van der Waals surface area (Å²) >= 11 is 3.57.